The molecular weight excluding hydrogens is 407 g/mol. The summed E-state index contributed by atoms with van der Waals surface area (Å²) in [5, 5.41) is 8.66. The Morgan fingerprint density at radius 2 is 1.63 bits per heavy atom. The maximum atomic E-state index is 13.1. The van der Waals surface area contributed by atoms with Gasteiger partial charge in [-0.2, -0.15) is 0 Å². The normalized spacial score (nSPS) is 14.2. The highest BCUT2D eigenvalue weighted by atomic mass is 35.5. The van der Waals surface area contributed by atoms with Crippen LogP contribution in [0.1, 0.15) is 24.8 Å². The Hall–Kier alpha value is -2.31. The van der Waals surface area contributed by atoms with Crippen LogP contribution in [0.3, 0.4) is 0 Å². The molecule has 1 aliphatic heterocycles. The Kier molecular flexibility index (Phi) is 9.91. The molecule has 5 nitrogen and oxygen atoms in total. The average Bonchev–Trinajstić information content (AvgIpc) is 2.73. The number of aryl methyl sites for hydroxylation is 1. The molecule has 0 unspecified atom stereocenters. The van der Waals surface area contributed by atoms with Crippen molar-refractivity contribution in [3.05, 3.63) is 59.9 Å². The van der Waals surface area contributed by atoms with Gasteiger partial charge in [-0.05, 0) is 61.2 Å². The highest BCUT2D eigenvalue weighted by Crippen LogP contribution is 2.17. The predicted octanol–water partition coefficient (Wildman–Crippen LogP) is 4.25. The summed E-state index contributed by atoms with van der Waals surface area (Å²) in [5.41, 5.74) is 2.28. The number of halogens is 2. The molecule has 0 spiro atoms. The van der Waals surface area contributed by atoms with E-state index in [1.54, 1.807) is 0 Å². The molecule has 1 N–H and O–H groups in total. The first-order valence-electron chi connectivity index (χ1n) is 10.3. The van der Waals surface area contributed by atoms with E-state index < -0.39 is 5.97 Å². The first-order chi connectivity index (χ1) is 14.1. The van der Waals surface area contributed by atoms with Gasteiger partial charge in [0.1, 0.15) is 18.2 Å². The minimum absolute atomic E-state index is 0. The van der Waals surface area contributed by atoms with Crippen LogP contribution in [0.15, 0.2) is 48.5 Å². The Morgan fingerprint density at radius 1 is 0.967 bits per heavy atom. The number of nitrogens with zero attached hydrogens (tertiary/aromatic N) is 2. The molecule has 30 heavy (non-hydrogen) atoms. The molecule has 0 bridgehead atoms. The van der Waals surface area contributed by atoms with Gasteiger partial charge in [-0.3, -0.25) is 9.69 Å². The molecule has 1 saturated heterocycles. The van der Waals surface area contributed by atoms with Crippen molar-refractivity contribution in [1.29, 1.82) is 0 Å². The zero-order valence-electron chi connectivity index (χ0n) is 17.1. The second kappa shape index (κ2) is 12.4. The van der Waals surface area contributed by atoms with Gasteiger partial charge in [0.25, 0.3) is 0 Å². The lowest BCUT2D eigenvalue weighted by atomic mass is 10.1. The van der Waals surface area contributed by atoms with Crippen LogP contribution in [0.2, 0.25) is 0 Å². The maximum Gasteiger partial charge on any atom is 0.303 e. The molecule has 7 heteroatoms. The first-order valence-corrected chi connectivity index (χ1v) is 10.3. The Bertz CT molecular complexity index is 763. The number of unbranched alkanes of at least 4 members (excludes halogenated alkanes) is 1. The highest BCUT2D eigenvalue weighted by molar-refractivity contribution is 5.85. The van der Waals surface area contributed by atoms with E-state index in [1.165, 1.54) is 17.7 Å². The molecule has 164 valence electrons. The van der Waals surface area contributed by atoms with E-state index in [1.807, 2.05) is 24.3 Å². The van der Waals surface area contributed by atoms with Crippen molar-refractivity contribution >= 4 is 24.1 Å². The fraction of sp³-hybridized carbons (Fsp3) is 0.435. The SMILES string of the molecule is Cl.O=C(O)CCCCc1ccc(OCCN2CCN(c3ccc(F)cc3)CC2)cc1. The molecule has 0 aromatic heterocycles. The summed E-state index contributed by atoms with van der Waals surface area (Å²) in [6.07, 6.45) is 2.73. The topological polar surface area (TPSA) is 53.0 Å². The molecule has 0 atom stereocenters. The van der Waals surface area contributed by atoms with Gasteiger partial charge in [-0.15, -0.1) is 12.4 Å². The summed E-state index contributed by atoms with van der Waals surface area (Å²) in [5.74, 6) is -0.0643. The second-order valence-electron chi connectivity index (χ2n) is 7.40. The van der Waals surface area contributed by atoms with Crippen LogP contribution in [0, 0.1) is 5.82 Å². The third-order valence-electron chi connectivity index (χ3n) is 5.27. The fourth-order valence-corrected chi connectivity index (χ4v) is 3.53. The zero-order valence-corrected chi connectivity index (χ0v) is 18.0. The van der Waals surface area contributed by atoms with E-state index in [-0.39, 0.29) is 24.6 Å². The van der Waals surface area contributed by atoms with Crippen LogP contribution < -0.4 is 9.64 Å². The summed E-state index contributed by atoms with van der Waals surface area (Å²) in [6.45, 7) is 5.33. The van der Waals surface area contributed by atoms with Crippen molar-refractivity contribution in [2.75, 3.05) is 44.2 Å². The molecule has 2 aromatic carbocycles. The van der Waals surface area contributed by atoms with Crippen LogP contribution in [0.5, 0.6) is 5.75 Å². The number of ether oxygens (including phenoxy) is 1. The lowest BCUT2D eigenvalue weighted by Gasteiger charge is -2.36. The van der Waals surface area contributed by atoms with Gasteiger partial charge < -0.3 is 14.7 Å². The molecule has 2 aromatic rings. The van der Waals surface area contributed by atoms with E-state index in [2.05, 4.69) is 21.9 Å². The van der Waals surface area contributed by atoms with Crippen LogP contribution in [-0.4, -0.2) is 55.3 Å². The molecule has 0 aliphatic carbocycles. The number of hydrogen-bond donors (Lipinski definition) is 1. The van der Waals surface area contributed by atoms with Crippen molar-refractivity contribution in [1.82, 2.24) is 4.90 Å². The Labute approximate surface area is 183 Å². The van der Waals surface area contributed by atoms with E-state index in [0.29, 0.717) is 13.0 Å². The van der Waals surface area contributed by atoms with E-state index in [4.69, 9.17) is 9.84 Å². The number of benzene rings is 2. The Morgan fingerprint density at radius 3 is 2.27 bits per heavy atom. The molecule has 1 fully saturated rings. The van der Waals surface area contributed by atoms with Crippen molar-refractivity contribution in [2.45, 2.75) is 25.7 Å². The summed E-state index contributed by atoms with van der Waals surface area (Å²) in [4.78, 5) is 15.2. The average molecular weight is 437 g/mol. The second-order valence-corrected chi connectivity index (χ2v) is 7.40. The third kappa shape index (κ3) is 7.84. The van der Waals surface area contributed by atoms with E-state index in [9.17, 15) is 9.18 Å². The highest BCUT2D eigenvalue weighted by Gasteiger charge is 2.17. The molecule has 3 rings (SSSR count). The molecule has 0 radical (unpaired) electrons. The van der Waals surface area contributed by atoms with Crippen molar-refractivity contribution in [3.63, 3.8) is 0 Å². The third-order valence-corrected chi connectivity index (χ3v) is 5.27. The van der Waals surface area contributed by atoms with Gasteiger partial charge in [0.05, 0.1) is 0 Å². The van der Waals surface area contributed by atoms with Crippen LogP contribution in [0.4, 0.5) is 10.1 Å². The number of carboxylic acid groups (broad SMARTS) is 1. The van der Waals surface area contributed by atoms with Crippen molar-refractivity contribution in [2.24, 2.45) is 0 Å². The number of rotatable bonds is 10. The van der Waals surface area contributed by atoms with E-state index in [0.717, 1.165) is 57.0 Å². The van der Waals surface area contributed by atoms with Gasteiger partial charge in [0.15, 0.2) is 0 Å². The standard InChI is InChI=1S/C23H29FN2O3.ClH/c24-20-7-9-21(10-8-20)26-15-13-25(14-16-26)17-18-29-22-11-5-19(6-12-22)3-1-2-4-23(27)28;/h5-12H,1-4,13-18H2,(H,27,28);1H. The lowest BCUT2D eigenvalue weighted by molar-refractivity contribution is -0.137. The van der Waals surface area contributed by atoms with Crippen molar-refractivity contribution < 1.29 is 19.0 Å². The van der Waals surface area contributed by atoms with Crippen LogP contribution in [-0.2, 0) is 11.2 Å². The zero-order chi connectivity index (χ0) is 20.5. The number of carbonyl (C=O) groups is 1. The van der Waals surface area contributed by atoms with Gasteiger partial charge in [0.2, 0.25) is 0 Å². The van der Waals surface area contributed by atoms with Crippen molar-refractivity contribution in [3.8, 4) is 5.75 Å². The number of carboxylic acids is 1. The fourth-order valence-electron chi connectivity index (χ4n) is 3.53. The van der Waals surface area contributed by atoms with Crippen LogP contribution >= 0.6 is 12.4 Å². The van der Waals surface area contributed by atoms with Gasteiger partial charge >= 0.3 is 5.97 Å². The largest absolute Gasteiger partial charge is 0.492 e. The number of aliphatic carboxylic acids is 1. The first kappa shape index (κ1) is 24.0. The molecule has 0 amide bonds. The molecule has 0 saturated carbocycles. The summed E-state index contributed by atoms with van der Waals surface area (Å²) in [6, 6.07) is 14.8. The molecule has 1 heterocycles. The van der Waals surface area contributed by atoms with E-state index >= 15 is 0 Å². The Balaban J connectivity index is 0.00000320. The minimum atomic E-state index is -0.731. The smallest absolute Gasteiger partial charge is 0.303 e. The van der Waals surface area contributed by atoms with Crippen LogP contribution in [0.25, 0.3) is 0 Å². The van der Waals surface area contributed by atoms with Gasteiger partial charge in [-0.1, -0.05) is 12.1 Å². The summed E-state index contributed by atoms with van der Waals surface area (Å²) >= 11 is 0. The monoisotopic (exact) mass is 436 g/mol. The lowest BCUT2D eigenvalue weighted by Crippen LogP contribution is -2.47. The predicted molar refractivity (Wildman–Crippen MR) is 119 cm³/mol. The minimum Gasteiger partial charge on any atom is -0.492 e. The maximum absolute atomic E-state index is 13.1. The number of anilines is 1. The number of hydrogen-bond acceptors (Lipinski definition) is 4. The van der Waals surface area contributed by atoms with Gasteiger partial charge in [0, 0.05) is 44.8 Å². The number of piperazine rings is 1. The van der Waals surface area contributed by atoms with Gasteiger partial charge in [-0.25, -0.2) is 4.39 Å². The quantitative estimate of drug-likeness (QED) is 0.564. The molecule has 1 aliphatic rings. The molecular formula is C23H30ClFN2O3. The summed E-state index contributed by atoms with van der Waals surface area (Å²) in [7, 11) is 0. The summed E-state index contributed by atoms with van der Waals surface area (Å²) < 4.78 is 18.9.